The van der Waals surface area contributed by atoms with Gasteiger partial charge in [-0.2, -0.15) is 0 Å². The van der Waals surface area contributed by atoms with Crippen LogP contribution in [0.15, 0.2) is 39.4 Å². The van der Waals surface area contributed by atoms with Crippen LogP contribution >= 0.6 is 27.5 Å². The lowest BCUT2D eigenvalue weighted by Gasteiger charge is -2.28. The fourth-order valence-corrected chi connectivity index (χ4v) is 3.22. The Morgan fingerprint density at radius 1 is 1.40 bits per heavy atom. The third-order valence-electron chi connectivity index (χ3n) is 3.46. The minimum Gasteiger partial charge on any atom is -0.469 e. The van der Waals surface area contributed by atoms with Crippen LogP contribution in [-0.4, -0.2) is 18.5 Å². The van der Waals surface area contributed by atoms with Crippen molar-refractivity contribution in [2.75, 3.05) is 13.6 Å². The second-order valence-corrected chi connectivity index (χ2v) is 6.13. The summed E-state index contributed by atoms with van der Waals surface area (Å²) in [5.41, 5.74) is 8.28. The van der Waals surface area contributed by atoms with Gasteiger partial charge < -0.3 is 10.2 Å². The predicted octanol–water partition coefficient (Wildman–Crippen LogP) is 4.14. The van der Waals surface area contributed by atoms with E-state index in [-0.39, 0.29) is 6.04 Å². The van der Waals surface area contributed by atoms with Gasteiger partial charge in [0, 0.05) is 34.2 Å². The van der Waals surface area contributed by atoms with E-state index in [1.165, 1.54) is 5.56 Å². The molecule has 1 atom stereocenters. The zero-order valence-electron chi connectivity index (χ0n) is 11.6. The second kappa shape index (κ2) is 6.76. The van der Waals surface area contributed by atoms with Gasteiger partial charge in [-0.1, -0.05) is 33.6 Å². The van der Waals surface area contributed by atoms with Crippen molar-refractivity contribution in [2.24, 2.45) is 5.73 Å². The molecule has 0 spiro atoms. The molecule has 0 aliphatic carbocycles. The van der Waals surface area contributed by atoms with Crippen molar-refractivity contribution >= 4 is 27.5 Å². The summed E-state index contributed by atoms with van der Waals surface area (Å²) < 4.78 is 6.32. The normalized spacial score (nSPS) is 12.9. The molecule has 0 amide bonds. The van der Waals surface area contributed by atoms with Crippen molar-refractivity contribution in [1.29, 1.82) is 0 Å². The summed E-state index contributed by atoms with van der Waals surface area (Å²) in [6, 6.07) is 7.92. The molecule has 108 valence electrons. The Morgan fingerprint density at radius 2 is 2.15 bits per heavy atom. The van der Waals surface area contributed by atoms with Gasteiger partial charge >= 0.3 is 0 Å². The minimum absolute atomic E-state index is 0.121. The molecule has 0 aliphatic heterocycles. The second-order valence-electron chi connectivity index (χ2n) is 4.83. The third kappa shape index (κ3) is 3.44. The molecule has 0 fully saturated rings. The molecular weight excluding hydrogens is 340 g/mol. The summed E-state index contributed by atoms with van der Waals surface area (Å²) in [5, 5.41) is 0.713. The van der Waals surface area contributed by atoms with Gasteiger partial charge in [0.25, 0.3) is 0 Å². The lowest BCUT2D eigenvalue weighted by molar-refractivity contribution is 0.239. The maximum absolute atomic E-state index is 5.99. The van der Waals surface area contributed by atoms with Gasteiger partial charge in [-0.05, 0) is 37.7 Å². The Kier molecular flexibility index (Phi) is 5.27. The van der Waals surface area contributed by atoms with Gasteiger partial charge in [-0.3, -0.25) is 4.90 Å². The van der Waals surface area contributed by atoms with Crippen LogP contribution in [0.1, 0.15) is 22.9 Å². The number of furan rings is 1. The Balaban J connectivity index is 2.21. The van der Waals surface area contributed by atoms with E-state index in [0.717, 1.165) is 22.3 Å². The van der Waals surface area contributed by atoms with Crippen molar-refractivity contribution in [3.05, 3.63) is 56.9 Å². The number of nitrogens with zero attached hydrogens (tertiary/aromatic N) is 1. The highest BCUT2D eigenvalue weighted by molar-refractivity contribution is 9.10. The number of halogens is 2. The maximum atomic E-state index is 5.99. The number of benzene rings is 1. The molecule has 0 saturated heterocycles. The maximum Gasteiger partial charge on any atom is 0.105 e. The van der Waals surface area contributed by atoms with E-state index in [4.69, 9.17) is 21.8 Å². The molecule has 2 rings (SSSR count). The molecule has 1 unspecified atom stereocenters. The number of rotatable bonds is 5. The Morgan fingerprint density at radius 3 is 2.70 bits per heavy atom. The van der Waals surface area contributed by atoms with Crippen LogP contribution in [-0.2, 0) is 6.54 Å². The minimum atomic E-state index is 0.121. The van der Waals surface area contributed by atoms with Gasteiger partial charge in [0.2, 0.25) is 0 Å². The summed E-state index contributed by atoms with van der Waals surface area (Å²) in [7, 11) is 2.06. The summed E-state index contributed by atoms with van der Waals surface area (Å²) in [6.07, 6.45) is 1.72. The highest BCUT2D eigenvalue weighted by Gasteiger charge is 2.19. The average Bonchev–Trinajstić information content (AvgIpc) is 2.78. The SMILES string of the molecule is Cc1occc1CN(C)C(CN)c1ccc(Cl)cc1Br. The quantitative estimate of drug-likeness (QED) is 0.874. The van der Waals surface area contributed by atoms with Gasteiger partial charge in [-0.15, -0.1) is 0 Å². The highest BCUT2D eigenvalue weighted by atomic mass is 79.9. The molecule has 5 heteroatoms. The number of likely N-dealkylation sites (N-methyl/N-ethyl adjacent to an activating group) is 1. The predicted molar refractivity (Wildman–Crippen MR) is 85.9 cm³/mol. The molecule has 3 nitrogen and oxygen atoms in total. The molecule has 0 saturated carbocycles. The number of hydrogen-bond donors (Lipinski definition) is 1. The van der Waals surface area contributed by atoms with Crippen LogP contribution in [0.25, 0.3) is 0 Å². The molecule has 2 aromatic rings. The third-order valence-corrected chi connectivity index (χ3v) is 4.38. The Hall–Kier alpha value is -0.810. The molecule has 2 N–H and O–H groups in total. The molecule has 0 aliphatic rings. The van der Waals surface area contributed by atoms with Crippen LogP contribution in [0.4, 0.5) is 0 Å². The van der Waals surface area contributed by atoms with Crippen LogP contribution in [0.5, 0.6) is 0 Å². The van der Waals surface area contributed by atoms with Crippen LogP contribution in [0, 0.1) is 6.92 Å². The summed E-state index contributed by atoms with van der Waals surface area (Å²) in [4.78, 5) is 2.21. The van der Waals surface area contributed by atoms with Crippen LogP contribution < -0.4 is 5.73 Å². The van der Waals surface area contributed by atoms with Crippen molar-refractivity contribution in [1.82, 2.24) is 4.90 Å². The molecule has 0 radical (unpaired) electrons. The smallest absolute Gasteiger partial charge is 0.105 e. The first-order valence-corrected chi connectivity index (χ1v) is 7.58. The average molecular weight is 358 g/mol. The molecule has 20 heavy (non-hydrogen) atoms. The first-order chi connectivity index (χ1) is 9.52. The molecule has 1 aromatic carbocycles. The topological polar surface area (TPSA) is 42.4 Å². The Bertz CT molecular complexity index is 585. The van der Waals surface area contributed by atoms with Crippen molar-refractivity contribution < 1.29 is 4.42 Å². The van der Waals surface area contributed by atoms with Crippen LogP contribution in [0.2, 0.25) is 5.02 Å². The monoisotopic (exact) mass is 356 g/mol. The van der Waals surface area contributed by atoms with Crippen LogP contribution in [0.3, 0.4) is 0 Å². The van der Waals surface area contributed by atoms with Gasteiger partial charge in [-0.25, -0.2) is 0 Å². The zero-order chi connectivity index (χ0) is 14.7. The van der Waals surface area contributed by atoms with E-state index in [9.17, 15) is 0 Å². The number of nitrogens with two attached hydrogens (primary N) is 1. The molecule has 0 bridgehead atoms. The number of aryl methyl sites for hydroxylation is 1. The zero-order valence-corrected chi connectivity index (χ0v) is 13.9. The van der Waals surface area contributed by atoms with Gasteiger partial charge in [0.15, 0.2) is 0 Å². The van der Waals surface area contributed by atoms with E-state index < -0.39 is 0 Å². The fraction of sp³-hybridized carbons (Fsp3) is 0.333. The van der Waals surface area contributed by atoms with E-state index in [1.807, 2.05) is 31.2 Å². The van der Waals surface area contributed by atoms with Gasteiger partial charge in [0.05, 0.1) is 6.26 Å². The first kappa shape index (κ1) is 15.6. The van der Waals surface area contributed by atoms with Gasteiger partial charge in [0.1, 0.15) is 5.76 Å². The fourth-order valence-electron chi connectivity index (χ4n) is 2.27. The first-order valence-electron chi connectivity index (χ1n) is 6.41. The lowest BCUT2D eigenvalue weighted by atomic mass is 10.1. The molecule has 1 heterocycles. The van der Waals surface area contributed by atoms with E-state index >= 15 is 0 Å². The van der Waals surface area contributed by atoms with Crippen molar-refractivity contribution in [2.45, 2.75) is 19.5 Å². The highest BCUT2D eigenvalue weighted by Crippen LogP contribution is 2.30. The largest absolute Gasteiger partial charge is 0.469 e. The summed E-state index contributed by atoms with van der Waals surface area (Å²) >= 11 is 9.56. The summed E-state index contributed by atoms with van der Waals surface area (Å²) in [6.45, 7) is 3.30. The van der Waals surface area contributed by atoms with Crippen molar-refractivity contribution in [3.8, 4) is 0 Å². The standard InChI is InChI=1S/C15H18BrClN2O/c1-10-11(5-6-20-10)9-19(2)15(8-18)13-4-3-12(17)7-14(13)16/h3-7,15H,8-9,18H2,1-2H3. The van der Waals surface area contributed by atoms with E-state index in [1.54, 1.807) is 6.26 Å². The Labute approximate surface area is 132 Å². The number of hydrogen-bond acceptors (Lipinski definition) is 3. The van der Waals surface area contributed by atoms with E-state index in [2.05, 4.69) is 27.9 Å². The van der Waals surface area contributed by atoms with Crippen molar-refractivity contribution in [3.63, 3.8) is 0 Å². The molecular formula is C15H18BrClN2O. The molecule has 1 aromatic heterocycles. The summed E-state index contributed by atoms with van der Waals surface area (Å²) in [5.74, 6) is 0.947. The lowest BCUT2D eigenvalue weighted by Crippen LogP contribution is -2.30. The van der Waals surface area contributed by atoms with E-state index in [0.29, 0.717) is 11.6 Å².